The molecular formula is C24H16Cl2. The van der Waals surface area contributed by atoms with Crippen LogP contribution in [0.4, 0.5) is 0 Å². The second-order valence-corrected chi connectivity index (χ2v) is 7.69. The first kappa shape index (κ1) is 15.9. The van der Waals surface area contributed by atoms with Crippen LogP contribution in [0.15, 0.2) is 90.5 Å². The smallest absolute Gasteiger partial charge is 0.0406 e. The van der Waals surface area contributed by atoms with E-state index in [2.05, 4.69) is 60.7 Å². The third-order valence-electron chi connectivity index (χ3n) is 5.39. The van der Waals surface area contributed by atoms with E-state index in [1.165, 1.54) is 33.4 Å². The molecule has 0 spiro atoms. The van der Waals surface area contributed by atoms with Gasteiger partial charge in [0.15, 0.2) is 0 Å². The van der Waals surface area contributed by atoms with Crippen molar-refractivity contribution in [3.8, 4) is 0 Å². The largest absolute Gasteiger partial charge is 0.0843 e. The van der Waals surface area contributed by atoms with Crippen LogP contribution >= 0.6 is 23.2 Å². The van der Waals surface area contributed by atoms with Crippen molar-refractivity contribution in [3.05, 3.63) is 123 Å². The zero-order chi connectivity index (χ0) is 17.7. The average Bonchev–Trinajstić information content (AvgIpc) is 3.22. The predicted molar refractivity (Wildman–Crippen MR) is 110 cm³/mol. The maximum absolute atomic E-state index is 6.14. The van der Waals surface area contributed by atoms with Gasteiger partial charge in [-0.15, -0.1) is 0 Å². The van der Waals surface area contributed by atoms with Crippen molar-refractivity contribution >= 4 is 28.8 Å². The first-order chi connectivity index (χ1) is 12.7. The number of rotatable bonds is 2. The van der Waals surface area contributed by atoms with Crippen LogP contribution in [0.1, 0.15) is 34.1 Å². The van der Waals surface area contributed by atoms with Crippen LogP contribution in [0.2, 0.25) is 10.0 Å². The molecule has 0 amide bonds. The minimum Gasteiger partial charge on any atom is -0.0843 e. The van der Waals surface area contributed by atoms with Gasteiger partial charge in [-0.05, 0) is 57.7 Å². The third kappa shape index (κ3) is 2.45. The van der Waals surface area contributed by atoms with E-state index in [-0.39, 0.29) is 0 Å². The Morgan fingerprint density at radius 1 is 0.577 bits per heavy atom. The lowest BCUT2D eigenvalue weighted by atomic mass is 9.87. The van der Waals surface area contributed by atoms with Crippen molar-refractivity contribution in [2.45, 2.75) is 11.8 Å². The molecule has 0 N–H and O–H groups in total. The highest BCUT2D eigenvalue weighted by Gasteiger charge is 2.39. The van der Waals surface area contributed by atoms with Crippen LogP contribution in [-0.2, 0) is 0 Å². The number of benzene rings is 3. The molecule has 3 aromatic carbocycles. The van der Waals surface area contributed by atoms with Gasteiger partial charge in [0.05, 0.1) is 0 Å². The Morgan fingerprint density at radius 3 is 1.42 bits per heavy atom. The van der Waals surface area contributed by atoms with Gasteiger partial charge in [-0.25, -0.2) is 0 Å². The molecular weight excluding hydrogens is 359 g/mol. The first-order valence-corrected chi connectivity index (χ1v) is 9.51. The summed E-state index contributed by atoms with van der Waals surface area (Å²) >= 11 is 12.3. The van der Waals surface area contributed by atoms with Crippen molar-refractivity contribution in [2.75, 3.05) is 0 Å². The molecule has 0 heterocycles. The van der Waals surface area contributed by atoms with Gasteiger partial charge in [0.1, 0.15) is 0 Å². The van der Waals surface area contributed by atoms with E-state index >= 15 is 0 Å². The highest BCUT2D eigenvalue weighted by molar-refractivity contribution is 6.31. The van der Waals surface area contributed by atoms with E-state index in [1.807, 2.05) is 24.3 Å². The summed E-state index contributed by atoms with van der Waals surface area (Å²) in [5, 5.41) is 1.51. The number of halogens is 2. The minimum absolute atomic E-state index is 0.345. The molecule has 5 rings (SSSR count). The molecule has 2 aliphatic carbocycles. The SMILES string of the molecule is Clc1ccc(C(=C2[C@H]3C=C[C@@H]2c2ccccc23)c2ccc(Cl)cc2)cc1. The topological polar surface area (TPSA) is 0 Å². The fraction of sp³-hybridized carbons (Fsp3) is 0.0833. The molecule has 0 radical (unpaired) electrons. The van der Waals surface area contributed by atoms with E-state index < -0.39 is 0 Å². The van der Waals surface area contributed by atoms with Crippen molar-refractivity contribution in [1.82, 2.24) is 0 Å². The van der Waals surface area contributed by atoms with Crippen LogP contribution in [0, 0.1) is 0 Å². The molecule has 0 nitrogen and oxygen atoms in total. The van der Waals surface area contributed by atoms with E-state index in [0.717, 1.165) is 10.0 Å². The summed E-state index contributed by atoms with van der Waals surface area (Å²) in [4.78, 5) is 0. The molecule has 2 atom stereocenters. The third-order valence-corrected chi connectivity index (χ3v) is 5.89. The Balaban J connectivity index is 1.77. The van der Waals surface area contributed by atoms with Crippen LogP contribution in [0.25, 0.3) is 5.57 Å². The number of allylic oxidation sites excluding steroid dienone is 3. The van der Waals surface area contributed by atoms with Crippen molar-refractivity contribution in [3.63, 3.8) is 0 Å². The van der Waals surface area contributed by atoms with E-state index in [1.54, 1.807) is 0 Å². The quantitative estimate of drug-likeness (QED) is 0.414. The molecule has 0 fully saturated rings. The summed E-state index contributed by atoms with van der Waals surface area (Å²) in [7, 11) is 0. The Labute approximate surface area is 163 Å². The second kappa shape index (κ2) is 6.16. The summed E-state index contributed by atoms with van der Waals surface area (Å²) in [6, 6.07) is 25.1. The van der Waals surface area contributed by atoms with Gasteiger partial charge in [0.25, 0.3) is 0 Å². The zero-order valence-electron chi connectivity index (χ0n) is 14.0. The first-order valence-electron chi connectivity index (χ1n) is 8.75. The van der Waals surface area contributed by atoms with Crippen molar-refractivity contribution < 1.29 is 0 Å². The Bertz CT molecular complexity index is 958. The second-order valence-electron chi connectivity index (χ2n) is 6.81. The lowest BCUT2D eigenvalue weighted by Gasteiger charge is -2.17. The van der Waals surface area contributed by atoms with Gasteiger partial charge in [-0.1, -0.05) is 83.9 Å². The minimum atomic E-state index is 0.345. The number of fused-ring (bicyclic) bond motifs is 5. The van der Waals surface area contributed by atoms with E-state index in [4.69, 9.17) is 23.2 Å². The lowest BCUT2D eigenvalue weighted by molar-refractivity contribution is 1.04. The molecule has 0 saturated carbocycles. The van der Waals surface area contributed by atoms with Crippen LogP contribution < -0.4 is 0 Å². The lowest BCUT2D eigenvalue weighted by Crippen LogP contribution is -1.98. The molecule has 2 bridgehead atoms. The summed E-state index contributed by atoms with van der Waals surface area (Å²) in [6.07, 6.45) is 4.68. The fourth-order valence-corrected chi connectivity index (χ4v) is 4.54. The Kier molecular flexibility index (Phi) is 3.77. The molecule has 2 heteroatoms. The van der Waals surface area contributed by atoms with Gasteiger partial charge in [-0.2, -0.15) is 0 Å². The van der Waals surface area contributed by atoms with Crippen molar-refractivity contribution in [1.29, 1.82) is 0 Å². The molecule has 0 aromatic heterocycles. The molecule has 0 saturated heterocycles. The van der Waals surface area contributed by atoms with Gasteiger partial charge in [0.2, 0.25) is 0 Å². The molecule has 3 aromatic rings. The number of hydrogen-bond acceptors (Lipinski definition) is 0. The van der Waals surface area contributed by atoms with Gasteiger partial charge in [-0.3, -0.25) is 0 Å². The maximum atomic E-state index is 6.14. The van der Waals surface area contributed by atoms with Gasteiger partial charge >= 0.3 is 0 Å². The highest BCUT2D eigenvalue weighted by Crippen LogP contribution is 2.55. The highest BCUT2D eigenvalue weighted by atomic mass is 35.5. The van der Waals surface area contributed by atoms with Gasteiger partial charge < -0.3 is 0 Å². The van der Waals surface area contributed by atoms with E-state index in [9.17, 15) is 0 Å². The summed E-state index contributed by atoms with van der Waals surface area (Å²) in [5.41, 5.74) is 7.98. The Morgan fingerprint density at radius 2 is 1.00 bits per heavy atom. The van der Waals surface area contributed by atoms with Crippen LogP contribution in [0.3, 0.4) is 0 Å². The summed E-state index contributed by atoms with van der Waals surface area (Å²) in [6.45, 7) is 0. The van der Waals surface area contributed by atoms with Gasteiger partial charge in [0, 0.05) is 21.9 Å². The molecule has 126 valence electrons. The summed E-state index contributed by atoms with van der Waals surface area (Å²) < 4.78 is 0. The standard InChI is InChI=1S/C24H16Cl2/c25-17-9-5-15(6-10-17)23(16-7-11-18(26)12-8-16)24-21-13-14-22(24)20-4-2-1-3-19(20)21/h1-14,21-22H/t21-,22+. The molecule has 0 aliphatic heterocycles. The van der Waals surface area contributed by atoms with E-state index in [0.29, 0.717) is 11.8 Å². The van der Waals surface area contributed by atoms with Crippen molar-refractivity contribution in [2.24, 2.45) is 0 Å². The fourth-order valence-electron chi connectivity index (χ4n) is 4.29. The Hall–Kier alpha value is -2.28. The van der Waals surface area contributed by atoms with Crippen LogP contribution in [-0.4, -0.2) is 0 Å². The zero-order valence-corrected chi connectivity index (χ0v) is 15.5. The molecule has 0 unspecified atom stereocenters. The van der Waals surface area contributed by atoms with Crippen LogP contribution in [0.5, 0.6) is 0 Å². The molecule has 2 aliphatic rings. The molecule has 26 heavy (non-hydrogen) atoms. The monoisotopic (exact) mass is 374 g/mol. The predicted octanol–water partition coefficient (Wildman–Crippen LogP) is 7.25. The normalized spacial score (nSPS) is 19.7. The average molecular weight is 375 g/mol. The maximum Gasteiger partial charge on any atom is 0.0406 e. The number of hydrogen-bond donors (Lipinski definition) is 0. The summed E-state index contributed by atoms with van der Waals surface area (Å²) in [5.74, 6) is 0.690.